The molecule has 0 spiro atoms. The maximum absolute atomic E-state index is 12.8. The Balaban J connectivity index is 2.18. The van der Waals surface area contributed by atoms with Crippen LogP contribution in [0.1, 0.15) is 31.0 Å². The molecule has 0 bridgehead atoms. The molecule has 2 rings (SSSR count). The summed E-state index contributed by atoms with van der Waals surface area (Å²) in [5.41, 5.74) is 7.81. The van der Waals surface area contributed by atoms with Crippen LogP contribution >= 0.6 is 0 Å². The first-order valence-electron chi connectivity index (χ1n) is 8.71. The van der Waals surface area contributed by atoms with Crippen molar-refractivity contribution in [2.24, 2.45) is 11.7 Å². The number of ether oxygens (including phenoxy) is 2. The molecule has 0 aliphatic heterocycles. The molecule has 26 heavy (non-hydrogen) atoms. The van der Waals surface area contributed by atoms with Crippen molar-refractivity contribution in [2.75, 3.05) is 6.61 Å². The van der Waals surface area contributed by atoms with Gasteiger partial charge in [0.25, 0.3) is 0 Å². The molecule has 0 radical (unpaired) electrons. The number of hydrogen-bond donors (Lipinski definition) is 1. The topological polar surface area (TPSA) is 78.6 Å². The number of benzene rings is 2. The first-order chi connectivity index (χ1) is 12.5. The minimum absolute atomic E-state index is 0.0912. The first-order valence-corrected chi connectivity index (χ1v) is 8.71. The Kier molecular flexibility index (Phi) is 7.51. The summed E-state index contributed by atoms with van der Waals surface area (Å²) in [6.45, 7) is 3.89. The van der Waals surface area contributed by atoms with Crippen LogP contribution in [0.4, 0.5) is 0 Å². The number of carbonyl (C=O) groups excluding carboxylic acids is 2. The highest BCUT2D eigenvalue weighted by Gasteiger charge is 2.37. The highest BCUT2D eigenvalue weighted by atomic mass is 16.5. The molecule has 0 fully saturated rings. The summed E-state index contributed by atoms with van der Waals surface area (Å²) in [4.78, 5) is 25.5. The summed E-state index contributed by atoms with van der Waals surface area (Å²) < 4.78 is 10.8. The van der Waals surface area contributed by atoms with Crippen LogP contribution in [0, 0.1) is 5.92 Å². The minimum Gasteiger partial charge on any atom is -0.460 e. The van der Waals surface area contributed by atoms with Gasteiger partial charge in [-0.05, 0) is 25.0 Å². The van der Waals surface area contributed by atoms with Crippen LogP contribution in [-0.2, 0) is 25.7 Å². The van der Waals surface area contributed by atoms with E-state index in [1.54, 1.807) is 26.0 Å². The second-order valence-electron chi connectivity index (χ2n) is 6.01. The number of hydrogen-bond acceptors (Lipinski definition) is 5. The van der Waals surface area contributed by atoms with Gasteiger partial charge in [-0.25, -0.2) is 0 Å². The minimum atomic E-state index is -1.12. The molecule has 0 saturated carbocycles. The zero-order valence-corrected chi connectivity index (χ0v) is 15.1. The average molecular weight is 355 g/mol. The monoisotopic (exact) mass is 355 g/mol. The van der Waals surface area contributed by atoms with E-state index in [9.17, 15) is 9.59 Å². The smallest absolute Gasteiger partial charge is 0.318 e. The number of Topliss-reactive ketones (excluding diaryl/α,β-unsaturated/α-hetero) is 1. The van der Waals surface area contributed by atoms with Gasteiger partial charge in [0, 0.05) is 6.61 Å². The molecule has 0 saturated heterocycles. The van der Waals surface area contributed by atoms with Crippen LogP contribution in [0.3, 0.4) is 0 Å². The van der Waals surface area contributed by atoms with Gasteiger partial charge < -0.3 is 15.2 Å². The van der Waals surface area contributed by atoms with E-state index in [-0.39, 0.29) is 12.4 Å². The van der Waals surface area contributed by atoms with Crippen molar-refractivity contribution in [1.82, 2.24) is 0 Å². The average Bonchev–Trinajstić information content (AvgIpc) is 2.68. The lowest BCUT2D eigenvalue weighted by atomic mass is 9.88. The molecule has 0 heterocycles. The van der Waals surface area contributed by atoms with E-state index < -0.39 is 24.0 Å². The normalized spacial score (nSPS) is 14.3. The summed E-state index contributed by atoms with van der Waals surface area (Å²) in [5.74, 6) is -2.13. The van der Waals surface area contributed by atoms with Crippen LogP contribution in [-0.4, -0.2) is 24.5 Å². The van der Waals surface area contributed by atoms with Crippen molar-refractivity contribution in [3.05, 3.63) is 71.8 Å². The zero-order valence-electron chi connectivity index (χ0n) is 15.1. The molecule has 138 valence electrons. The number of esters is 1. The van der Waals surface area contributed by atoms with Crippen LogP contribution in [0.2, 0.25) is 0 Å². The molecule has 5 nitrogen and oxygen atoms in total. The standard InChI is InChI=1S/C21H25NO4/c1-3-25-15(2)20(23)18(19(22)17-12-8-5-9-13-17)21(24)26-14-16-10-6-4-7-11-16/h4-13,15,18-19H,3,14,22H2,1-2H3. The van der Waals surface area contributed by atoms with Gasteiger partial charge in [-0.2, -0.15) is 0 Å². The van der Waals surface area contributed by atoms with Gasteiger partial charge in [0.1, 0.15) is 18.6 Å². The van der Waals surface area contributed by atoms with Gasteiger partial charge in [0.15, 0.2) is 5.78 Å². The second-order valence-corrected chi connectivity index (χ2v) is 6.01. The van der Waals surface area contributed by atoms with Crippen molar-refractivity contribution >= 4 is 11.8 Å². The lowest BCUT2D eigenvalue weighted by Gasteiger charge is -2.24. The van der Waals surface area contributed by atoms with Gasteiger partial charge in [0.05, 0.1) is 6.04 Å². The van der Waals surface area contributed by atoms with Crippen molar-refractivity contribution in [1.29, 1.82) is 0 Å². The van der Waals surface area contributed by atoms with E-state index in [0.29, 0.717) is 12.2 Å². The fourth-order valence-electron chi connectivity index (χ4n) is 2.71. The predicted molar refractivity (Wildman–Crippen MR) is 99.2 cm³/mol. The maximum atomic E-state index is 12.8. The summed E-state index contributed by atoms with van der Waals surface area (Å²) >= 11 is 0. The first kappa shape index (κ1) is 19.8. The number of ketones is 1. The summed E-state index contributed by atoms with van der Waals surface area (Å²) in [7, 11) is 0. The zero-order chi connectivity index (χ0) is 18.9. The number of carbonyl (C=O) groups is 2. The van der Waals surface area contributed by atoms with E-state index in [1.165, 1.54) is 0 Å². The summed E-state index contributed by atoms with van der Waals surface area (Å²) in [6.07, 6.45) is -0.732. The van der Waals surface area contributed by atoms with Gasteiger partial charge >= 0.3 is 5.97 Å². The lowest BCUT2D eigenvalue weighted by molar-refractivity contribution is -0.157. The fourth-order valence-corrected chi connectivity index (χ4v) is 2.71. The fraction of sp³-hybridized carbons (Fsp3) is 0.333. The van der Waals surface area contributed by atoms with E-state index in [4.69, 9.17) is 15.2 Å². The van der Waals surface area contributed by atoms with Gasteiger partial charge in [0.2, 0.25) is 0 Å². The number of rotatable bonds is 9. The van der Waals surface area contributed by atoms with Crippen LogP contribution in [0.5, 0.6) is 0 Å². The summed E-state index contributed by atoms with van der Waals surface area (Å²) in [5, 5.41) is 0. The van der Waals surface area contributed by atoms with Crippen LogP contribution < -0.4 is 5.73 Å². The van der Waals surface area contributed by atoms with Crippen LogP contribution in [0.25, 0.3) is 0 Å². The molecule has 2 N–H and O–H groups in total. The molecule has 5 heteroatoms. The van der Waals surface area contributed by atoms with Crippen molar-refractivity contribution in [2.45, 2.75) is 32.6 Å². The SMILES string of the molecule is CCOC(C)C(=O)C(C(=O)OCc1ccccc1)C(N)c1ccccc1. The highest BCUT2D eigenvalue weighted by molar-refractivity contribution is 6.02. The molecular formula is C21H25NO4. The van der Waals surface area contributed by atoms with Crippen molar-refractivity contribution < 1.29 is 19.1 Å². The Bertz CT molecular complexity index is 702. The van der Waals surface area contributed by atoms with E-state index in [2.05, 4.69) is 0 Å². The Hall–Kier alpha value is -2.50. The Morgan fingerprint density at radius 1 is 1.00 bits per heavy atom. The molecule has 0 aromatic heterocycles. The Morgan fingerprint density at radius 2 is 1.58 bits per heavy atom. The molecule has 0 aliphatic rings. The third-order valence-electron chi connectivity index (χ3n) is 4.15. The molecule has 0 amide bonds. The van der Waals surface area contributed by atoms with Crippen molar-refractivity contribution in [3.63, 3.8) is 0 Å². The lowest BCUT2D eigenvalue weighted by Crippen LogP contribution is -2.41. The molecule has 3 atom stereocenters. The predicted octanol–water partition coefficient (Wildman–Crippen LogP) is 3.04. The van der Waals surface area contributed by atoms with E-state index in [1.807, 2.05) is 48.5 Å². The maximum Gasteiger partial charge on any atom is 0.318 e. The molecule has 2 aromatic rings. The molecule has 0 aliphatic carbocycles. The highest BCUT2D eigenvalue weighted by Crippen LogP contribution is 2.24. The summed E-state index contributed by atoms with van der Waals surface area (Å²) in [6, 6.07) is 17.6. The Morgan fingerprint density at radius 3 is 2.15 bits per heavy atom. The molecule has 2 aromatic carbocycles. The third-order valence-corrected chi connectivity index (χ3v) is 4.15. The van der Waals surface area contributed by atoms with Gasteiger partial charge in [-0.3, -0.25) is 9.59 Å². The largest absolute Gasteiger partial charge is 0.460 e. The van der Waals surface area contributed by atoms with E-state index >= 15 is 0 Å². The number of nitrogens with two attached hydrogens (primary N) is 1. The third kappa shape index (κ3) is 5.25. The second kappa shape index (κ2) is 9.85. The molecular weight excluding hydrogens is 330 g/mol. The van der Waals surface area contributed by atoms with Crippen molar-refractivity contribution in [3.8, 4) is 0 Å². The van der Waals surface area contributed by atoms with Gasteiger partial charge in [-0.15, -0.1) is 0 Å². The Labute approximate surface area is 154 Å². The van der Waals surface area contributed by atoms with Gasteiger partial charge in [-0.1, -0.05) is 60.7 Å². The van der Waals surface area contributed by atoms with E-state index in [0.717, 1.165) is 5.56 Å². The van der Waals surface area contributed by atoms with Crippen LogP contribution in [0.15, 0.2) is 60.7 Å². The quantitative estimate of drug-likeness (QED) is 0.552. The molecule has 3 unspecified atom stereocenters.